The molecule has 37 nitrogen and oxygen atoms in total. The number of unbranched alkanes of at least 4 members (excludes halogenated alkanes) is 2. The van der Waals surface area contributed by atoms with Gasteiger partial charge in [0, 0.05) is 75.6 Å². The lowest BCUT2D eigenvalue weighted by molar-refractivity contribution is -0.869. The summed E-state index contributed by atoms with van der Waals surface area (Å²) in [5.41, 5.74) is 16.6. The van der Waals surface area contributed by atoms with Gasteiger partial charge in [-0.05, 0) is 239 Å². The van der Waals surface area contributed by atoms with E-state index in [-0.39, 0.29) is 156 Å². The van der Waals surface area contributed by atoms with Crippen LogP contribution >= 0.6 is 0 Å². The standard InChI is InChI=1S/C108H165N15O22/c1-74(2)97(99(109)130)119-100(131)88(118-95(128)43-55-137-59-63-141-67-69-143-65-61-139-57-51-115-92(125)41-36-84-82-20-12-10-11-13-21-83(82)84)22-14-16-48-113-96(129)73-144-89-38-34-80(33-37-87(98(89)121-111)112-50-56-138-60-64-142-68-66-140-62-58-136-54-42-93(126)114-49-53-123(7,8)9)122(103(110)134)52-17-15-23-94(127)116-78-30-24-75(25-31-78)72-145-104(135)117-79-32-26-76-28-39-90-105(3,85(76)70-79)44-18-46-107(90,5)101(132)120-102(133)108(6)47-19-45-106(4)86-71-81(124)35-27-77(86)29-40-91(106)108/h24-27,30-32,35,70-71,74,80,82-84,88-91,97H,12-23,28-29,33-34,36-69,72-73H2,1-9H3,(H14-,109,110,111,112,113,114,115,116,117,118,119,120,124,125,126,127,128,129,130,131,132,133,134,135)/p+1/t80?,82-,83+,84?,88-,89?,90?,91-,97+,105-,106-,107+,108+/m1/s1. The number of primary amides is 2. The predicted octanol–water partition coefficient (Wildman–Crippen LogP) is 9.55. The molecule has 804 valence electrons. The van der Waals surface area contributed by atoms with Gasteiger partial charge in [-0.25, -0.2) is 9.59 Å². The highest BCUT2D eigenvalue weighted by atomic mass is 16.6. The highest BCUT2D eigenvalue weighted by Gasteiger charge is 2.59. The van der Waals surface area contributed by atoms with Crippen LogP contribution in [0.5, 0.6) is 5.75 Å². The maximum atomic E-state index is 14.9. The van der Waals surface area contributed by atoms with Crippen LogP contribution in [0.25, 0.3) is 0 Å². The van der Waals surface area contributed by atoms with Crippen LogP contribution in [-0.4, -0.2) is 288 Å². The maximum absolute atomic E-state index is 14.9. The Morgan fingerprint density at radius 2 is 1.08 bits per heavy atom. The van der Waals surface area contributed by atoms with Crippen molar-refractivity contribution in [1.82, 2.24) is 36.8 Å². The molecule has 7 aliphatic carbocycles. The Hall–Kier alpha value is -10.3. The lowest BCUT2D eigenvalue weighted by Gasteiger charge is -2.56. The molecule has 3 aromatic carbocycles. The number of quaternary nitrogens is 1. The zero-order valence-electron chi connectivity index (χ0n) is 87.4. The van der Waals surface area contributed by atoms with Gasteiger partial charge in [0.1, 0.15) is 42.9 Å². The van der Waals surface area contributed by atoms with E-state index in [1.54, 1.807) is 49.1 Å². The molecular formula is C108H166N15O22+. The van der Waals surface area contributed by atoms with Crippen LogP contribution in [0.2, 0.25) is 0 Å². The average Bonchev–Trinajstić information content (AvgIpc) is 1.25. The number of carbonyl (C=O) groups excluding carboxylic acids is 11. The van der Waals surface area contributed by atoms with E-state index in [2.05, 4.69) is 94.5 Å². The Morgan fingerprint density at radius 3 is 1.66 bits per heavy atom. The number of hydrazone groups is 1. The number of aliphatic imine (C=N–C) groups is 1. The number of likely N-dealkylation sites (N-methyl/N-ethyl adjacent to an activating group) is 1. The average molecular weight is 2030 g/mol. The first kappa shape index (κ1) is 117. The molecule has 4 saturated carbocycles. The van der Waals surface area contributed by atoms with Crippen molar-refractivity contribution in [2.24, 2.45) is 73.7 Å². The number of aryl methyl sites for hydroxylation is 2. The van der Waals surface area contributed by atoms with Crippen molar-refractivity contribution in [3.63, 3.8) is 0 Å². The van der Waals surface area contributed by atoms with Crippen LogP contribution in [0, 0.1) is 58.2 Å². The number of phenols is 1. The molecule has 37 heteroatoms. The number of aromatic hydroxyl groups is 1. The lowest BCUT2D eigenvalue weighted by atomic mass is 9.49. The summed E-state index contributed by atoms with van der Waals surface area (Å²) in [7, 11) is 6.19. The van der Waals surface area contributed by atoms with Gasteiger partial charge in [-0.3, -0.25) is 58.8 Å². The smallest absolute Gasteiger partial charge is 0.411 e. The molecule has 4 unspecified atom stereocenters. The fraction of sp³-hybridized carbons (Fsp3) is 0.694. The number of phenolic OH excluding ortho intramolecular Hbond substituents is 1. The highest BCUT2D eigenvalue weighted by Crippen LogP contribution is 2.61. The van der Waals surface area contributed by atoms with Crippen LogP contribution in [0.4, 0.5) is 21.0 Å². The summed E-state index contributed by atoms with van der Waals surface area (Å²) in [6.45, 7) is 18.6. The van der Waals surface area contributed by atoms with Crippen molar-refractivity contribution in [1.29, 1.82) is 0 Å². The fourth-order valence-electron chi connectivity index (χ4n) is 22.3. The molecule has 0 heterocycles. The van der Waals surface area contributed by atoms with E-state index in [1.165, 1.54) is 5.56 Å². The maximum Gasteiger partial charge on any atom is 0.411 e. The van der Waals surface area contributed by atoms with Gasteiger partial charge in [0.15, 0.2) is 0 Å². The van der Waals surface area contributed by atoms with Gasteiger partial charge >= 0.3 is 12.1 Å². The molecule has 13 atom stereocenters. The Labute approximate surface area is 856 Å². The van der Waals surface area contributed by atoms with Gasteiger partial charge in [0.2, 0.25) is 53.2 Å². The molecule has 0 saturated heterocycles. The number of urea groups is 1. The SMILES string of the molecule is CC(C)[C@H](NC(=O)[C@@H](CCCCNC(=O)COC1CCC(N(CCCCC(=O)Nc2ccc(COC(=O)Nc3ccc4c(c3)[C@@]3(C)CCC[C@](C)(C(=O)NC(=O)[C@@]5(C)CCC[C@]6(C)c7cc(O)ccc7CC[C@@H]56)C3CC4)cc2)C(N)=O)CCC(=NCCOCCOCCOCCOCCC(=O)NCC[N+](C)(C)C)C1=NN)NC(=O)CCOCCOCCOCCOCCNC(=O)CCC1[C@H]2CCC#CCC[C@@H]12)C(N)=O. The Morgan fingerprint density at radius 1 is 0.538 bits per heavy atom. The lowest BCUT2D eigenvalue weighted by Crippen LogP contribution is -2.60. The monoisotopic (exact) mass is 2030 g/mol. The molecule has 4 fully saturated rings. The summed E-state index contributed by atoms with van der Waals surface area (Å²) in [4.78, 5) is 154. The van der Waals surface area contributed by atoms with E-state index in [1.807, 2.05) is 44.2 Å². The quantitative estimate of drug-likeness (QED) is 0.00624. The molecule has 0 aliphatic heterocycles. The molecule has 15 N–H and O–H groups in total. The molecule has 3 aromatic rings. The number of fused-ring (bicyclic) bond motifs is 7. The normalized spacial score (nSPS) is 23.6. The van der Waals surface area contributed by atoms with Gasteiger partial charge in [0.05, 0.1) is 163 Å². The van der Waals surface area contributed by atoms with Crippen molar-refractivity contribution in [3.8, 4) is 17.6 Å². The second-order valence-corrected chi connectivity index (χ2v) is 42.1. The summed E-state index contributed by atoms with van der Waals surface area (Å²) in [6, 6.07) is 15.4. The fourth-order valence-corrected chi connectivity index (χ4v) is 22.3. The Balaban J connectivity index is 0.641. The number of rotatable bonds is 61. The third-order valence-corrected chi connectivity index (χ3v) is 30.3. The predicted molar refractivity (Wildman–Crippen MR) is 550 cm³/mol. The Bertz CT molecular complexity index is 4830. The number of hydrogen-bond donors (Lipinski definition) is 12. The summed E-state index contributed by atoms with van der Waals surface area (Å²) in [6.07, 6.45) is 15.4. The molecule has 12 amide bonds. The molecule has 0 radical (unpaired) electrons. The van der Waals surface area contributed by atoms with Gasteiger partial charge in [0.25, 0.3) is 0 Å². The van der Waals surface area contributed by atoms with Crippen molar-refractivity contribution >= 4 is 88.1 Å². The van der Waals surface area contributed by atoms with Crippen molar-refractivity contribution in [3.05, 3.63) is 88.5 Å². The van der Waals surface area contributed by atoms with Crippen LogP contribution < -0.4 is 59.8 Å². The molecule has 0 aromatic heterocycles. The van der Waals surface area contributed by atoms with Gasteiger partial charge in [-0.2, -0.15) is 5.10 Å². The molecule has 7 aliphatic rings. The number of nitrogens with one attached hydrogen (secondary N) is 8. The van der Waals surface area contributed by atoms with Crippen LogP contribution in [-0.2, 0) is 121 Å². The number of benzene rings is 3. The molecule has 0 bridgehead atoms. The summed E-state index contributed by atoms with van der Waals surface area (Å²) < 4.78 is 58.1. The molecule has 0 spiro atoms. The van der Waals surface area contributed by atoms with Crippen molar-refractivity contribution in [2.45, 2.75) is 263 Å². The number of imide groups is 1. The number of carbonyl (C=O) groups is 11. The third kappa shape index (κ3) is 36.6. The largest absolute Gasteiger partial charge is 0.508 e. The van der Waals surface area contributed by atoms with E-state index in [0.717, 1.165) is 123 Å². The number of amides is 12. The van der Waals surface area contributed by atoms with Gasteiger partial charge in [-0.15, -0.1) is 11.8 Å². The summed E-state index contributed by atoms with van der Waals surface area (Å²) >= 11 is 0. The number of hydrogen-bond acceptors (Lipinski definition) is 25. The van der Waals surface area contributed by atoms with E-state index in [4.69, 9.17) is 69.7 Å². The van der Waals surface area contributed by atoms with Crippen LogP contribution in [0.15, 0.2) is 70.8 Å². The Kier molecular flexibility index (Phi) is 47.5. The summed E-state index contributed by atoms with van der Waals surface area (Å²) in [5.74, 6) is 11.6. The molecular weight excluding hydrogens is 1860 g/mol. The second-order valence-electron chi connectivity index (χ2n) is 42.1. The van der Waals surface area contributed by atoms with Gasteiger partial charge < -0.3 is 111 Å². The first-order chi connectivity index (χ1) is 69.6. The van der Waals surface area contributed by atoms with E-state index in [0.29, 0.717) is 178 Å². The number of nitrogens with zero attached hydrogens (tertiary/aromatic N) is 4. The number of ether oxygens (including phenoxy) is 10. The zero-order chi connectivity index (χ0) is 104. The minimum Gasteiger partial charge on any atom is -0.508 e. The summed E-state index contributed by atoms with van der Waals surface area (Å²) in [5, 5.41) is 37.8. The van der Waals surface area contributed by atoms with Gasteiger partial charge in [-0.1, -0.05) is 78.6 Å². The topological polar surface area (TPSA) is 503 Å². The third-order valence-electron chi connectivity index (χ3n) is 30.3. The van der Waals surface area contributed by atoms with E-state index >= 15 is 0 Å². The first-order valence-electron chi connectivity index (χ1n) is 52.8. The minimum absolute atomic E-state index is 0.000602. The number of nitrogens with two attached hydrogens (primary N) is 3. The number of anilines is 2. The minimum atomic E-state index is -1.05. The first-order valence-corrected chi connectivity index (χ1v) is 52.8. The second kappa shape index (κ2) is 59.1. The van der Waals surface area contributed by atoms with Crippen LogP contribution in [0.1, 0.15) is 236 Å². The van der Waals surface area contributed by atoms with Crippen LogP contribution in [0.3, 0.4) is 0 Å². The van der Waals surface area contributed by atoms with Crippen molar-refractivity contribution < 1.29 is 110 Å². The highest BCUT2D eigenvalue weighted by molar-refractivity contribution is 6.44. The molecule has 10 rings (SSSR count). The van der Waals surface area contributed by atoms with Crippen molar-refractivity contribution in [2.75, 3.05) is 183 Å². The van der Waals surface area contributed by atoms with E-state index < -0.39 is 82.8 Å². The zero-order valence-corrected chi connectivity index (χ0v) is 87.4. The van der Waals surface area contributed by atoms with E-state index in [9.17, 15) is 57.8 Å². The molecule has 145 heavy (non-hydrogen) atoms.